The van der Waals surface area contributed by atoms with Crippen LogP contribution in [-0.2, 0) is 0 Å². The van der Waals surface area contributed by atoms with Crippen molar-refractivity contribution in [2.24, 2.45) is 5.41 Å². The number of pyridine rings is 1. The van der Waals surface area contributed by atoms with E-state index in [2.05, 4.69) is 24.1 Å². The lowest BCUT2D eigenvalue weighted by Gasteiger charge is -2.34. The van der Waals surface area contributed by atoms with Gasteiger partial charge in [0.25, 0.3) is 5.91 Å². The summed E-state index contributed by atoms with van der Waals surface area (Å²) >= 11 is 0. The van der Waals surface area contributed by atoms with Gasteiger partial charge >= 0.3 is 0 Å². The van der Waals surface area contributed by atoms with Crippen molar-refractivity contribution in [2.75, 3.05) is 5.73 Å². The van der Waals surface area contributed by atoms with Crippen LogP contribution in [0.1, 0.15) is 49.9 Å². The lowest BCUT2D eigenvalue weighted by atomic mass is 9.75. The van der Waals surface area contributed by atoms with E-state index in [0.29, 0.717) is 5.41 Å². The number of rotatable bonds is 2. The van der Waals surface area contributed by atoms with Crippen molar-refractivity contribution in [1.82, 2.24) is 10.3 Å². The average Bonchev–Trinajstić information content (AvgIpc) is 2.35. The molecule has 2 rings (SSSR count). The zero-order valence-electron chi connectivity index (χ0n) is 11.4. The van der Waals surface area contributed by atoms with Crippen LogP contribution in [0.5, 0.6) is 0 Å². The van der Waals surface area contributed by atoms with Gasteiger partial charge in [0.15, 0.2) is 0 Å². The van der Waals surface area contributed by atoms with Gasteiger partial charge in [-0.1, -0.05) is 13.8 Å². The molecular formula is C14H20FN3O. The van der Waals surface area contributed by atoms with Crippen LogP contribution in [0.3, 0.4) is 0 Å². The minimum Gasteiger partial charge on any atom is -0.383 e. The van der Waals surface area contributed by atoms with E-state index in [0.717, 1.165) is 37.9 Å². The Hall–Kier alpha value is -1.65. The van der Waals surface area contributed by atoms with E-state index in [4.69, 9.17) is 5.73 Å². The molecule has 104 valence electrons. The zero-order valence-corrected chi connectivity index (χ0v) is 11.4. The Morgan fingerprint density at radius 3 is 2.74 bits per heavy atom. The van der Waals surface area contributed by atoms with Crippen molar-refractivity contribution in [1.29, 1.82) is 0 Å². The van der Waals surface area contributed by atoms with Gasteiger partial charge in [-0.15, -0.1) is 0 Å². The van der Waals surface area contributed by atoms with Gasteiger partial charge in [-0.2, -0.15) is 0 Å². The molecule has 1 fully saturated rings. The molecule has 0 aromatic carbocycles. The summed E-state index contributed by atoms with van der Waals surface area (Å²) in [6.45, 7) is 4.47. The van der Waals surface area contributed by atoms with Gasteiger partial charge in [0.1, 0.15) is 11.6 Å². The molecule has 0 spiro atoms. The third-order valence-corrected chi connectivity index (χ3v) is 3.80. The summed E-state index contributed by atoms with van der Waals surface area (Å²) in [4.78, 5) is 15.7. The molecule has 1 heterocycles. The number of nitrogens with two attached hydrogens (primary N) is 1. The second-order valence-corrected chi connectivity index (χ2v) is 6.00. The number of halogens is 1. The van der Waals surface area contributed by atoms with E-state index in [-0.39, 0.29) is 23.3 Å². The van der Waals surface area contributed by atoms with E-state index in [1.165, 1.54) is 0 Å². The van der Waals surface area contributed by atoms with Crippen molar-refractivity contribution in [3.8, 4) is 0 Å². The van der Waals surface area contributed by atoms with E-state index < -0.39 is 5.82 Å². The summed E-state index contributed by atoms with van der Waals surface area (Å²) in [5.41, 5.74) is 6.06. The van der Waals surface area contributed by atoms with Crippen LogP contribution in [0.25, 0.3) is 0 Å². The third-order valence-electron chi connectivity index (χ3n) is 3.80. The van der Waals surface area contributed by atoms with Crippen LogP contribution in [-0.4, -0.2) is 16.9 Å². The summed E-state index contributed by atoms with van der Waals surface area (Å²) in [5.74, 6) is -0.826. The number of aromatic nitrogens is 1. The number of nitrogens with one attached hydrogen (secondary N) is 1. The molecule has 0 atom stereocenters. The Kier molecular flexibility index (Phi) is 3.73. The van der Waals surface area contributed by atoms with E-state index in [1.807, 2.05) is 0 Å². The Balaban J connectivity index is 2.00. The van der Waals surface area contributed by atoms with Crippen LogP contribution in [0.15, 0.2) is 12.3 Å². The number of hydrogen-bond acceptors (Lipinski definition) is 3. The van der Waals surface area contributed by atoms with Gasteiger partial charge < -0.3 is 11.1 Å². The minimum absolute atomic E-state index is 0.0649. The van der Waals surface area contributed by atoms with Crippen molar-refractivity contribution in [3.63, 3.8) is 0 Å². The molecule has 0 radical (unpaired) electrons. The first kappa shape index (κ1) is 13.8. The van der Waals surface area contributed by atoms with Crippen LogP contribution >= 0.6 is 0 Å². The minimum atomic E-state index is -0.552. The van der Waals surface area contributed by atoms with Gasteiger partial charge in [0.2, 0.25) is 0 Å². The molecule has 1 aromatic rings. The Morgan fingerprint density at radius 1 is 1.47 bits per heavy atom. The second kappa shape index (κ2) is 5.15. The molecule has 1 aliphatic rings. The van der Waals surface area contributed by atoms with Crippen molar-refractivity contribution in [3.05, 3.63) is 23.6 Å². The maximum atomic E-state index is 13.1. The molecule has 0 aliphatic heterocycles. The number of hydrogen-bond donors (Lipinski definition) is 2. The highest BCUT2D eigenvalue weighted by atomic mass is 19.1. The first-order valence-corrected chi connectivity index (χ1v) is 6.59. The first-order chi connectivity index (χ1) is 8.87. The second-order valence-electron chi connectivity index (χ2n) is 6.00. The summed E-state index contributed by atoms with van der Waals surface area (Å²) in [6.07, 6.45) is 5.06. The van der Waals surface area contributed by atoms with Gasteiger partial charge in [0.05, 0.1) is 11.8 Å². The van der Waals surface area contributed by atoms with E-state index in [9.17, 15) is 9.18 Å². The van der Waals surface area contributed by atoms with Crippen molar-refractivity contribution >= 4 is 11.7 Å². The van der Waals surface area contributed by atoms with Crippen LogP contribution in [0.4, 0.5) is 10.2 Å². The van der Waals surface area contributed by atoms with Gasteiger partial charge in [0, 0.05) is 6.04 Å². The smallest absolute Gasteiger partial charge is 0.255 e. The monoisotopic (exact) mass is 265 g/mol. The highest BCUT2D eigenvalue weighted by Crippen LogP contribution is 2.35. The summed E-state index contributed by atoms with van der Waals surface area (Å²) in [5, 5.41) is 2.92. The van der Waals surface area contributed by atoms with Crippen LogP contribution in [0, 0.1) is 11.2 Å². The quantitative estimate of drug-likeness (QED) is 0.863. The SMILES string of the molecule is CC1(C)CCC(NC(=O)c2cc(F)cnc2N)CC1. The number of amides is 1. The maximum Gasteiger partial charge on any atom is 0.255 e. The van der Waals surface area contributed by atoms with Crippen molar-refractivity contribution in [2.45, 2.75) is 45.6 Å². The number of nitrogen functional groups attached to an aromatic ring is 1. The highest BCUT2D eigenvalue weighted by molar-refractivity contribution is 5.98. The van der Waals surface area contributed by atoms with Gasteiger partial charge in [-0.25, -0.2) is 9.37 Å². The molecule has 0 saturated heterocycles. The first-order valence-electron chi connectivity index (χ1n) is 6.59. The number of carbonyl (C=O) groups is 1. The molecular weight excluding hydrogens is 245 g/mol. The predicted molar refractivity (Wildman–Crippen MR) is 72.1 cm³/mol. The summed E-state index contributed by atoms with van der Waals surface area (Å²) in [7, 11) is 0. The largest absolute Gasteiger partial charge is 0.383 e. The molecule has 0 bridgehead atoms. The van der Waals surface area contributed by atoms with Gasteiger partial charge in [-0.05, 0) is 37.2 Å². The van der Waals surface area contributed by atoms with Crippen LogP contribution in [0.2, 0.25) is 0 Å². The molecule has 5 heteroatoms. The Labute approximate surface area is 112 Å². The van der Waals surface area contributed by atoms with E-state index in [1.54, 1.807) is 0 Å². The summed E-state index contributed by atoms with van der Waals surface area (Å²) < 4.78 is 13.1. The Bertz CT molecular complexity index is 478. The molecule has 1 amide bonds. The fraction of sp³-hybridized carbons (Fsp3) is 0.571. The average molecular weight is 265 g/mol. The summed E-state index contributed by atoms with van der Waals surface area (Å²) in [6, 6.07) is 1.27. The molecule has 0 unspecified atom stereocenters. The third kappa shape index (κ3) is 3.43. The standard InChI is InChI=1S/C14H20FN3O/c1-14(2)5-3-10(4-6-14)18-13(19)11-7-9(15)8-17-12(11)16/h7-8,10H,3-6H2,1-2H3,(H2,16,17)(H,18,19). The van der Waals surface area contributed by atoms with E-state index >= 15 is 0 Å². The van der Waals surface area contributed by atoms with Crippen molar-refractivity contribution < 1.29 is 9.18 Å². The molecule has 19 heavy (non-hydrogen) atoms. The predicted octanol–water partition coefficient (Wildman–Crippen LogP) is 2.50. The fourth-order valence-corrected chi connectivity index (χ4v) is 2.44. The maximum absolute atomic E-state index is 13.1. The number of anilines is 1. The number of carbonyl (C=O) groups excluding carboxylic acids is 1. The van der Waals surface area contributed by atoms with Crippen LogP contribution < -0.4 is 11.1 Å². The lowest BCUT2D eigenvalue weighted by Crippen LogP contribution is -2.39. The molecule has 4 nitrogen and oxygen atoms in total. The lowest BCUT2D eigenvalue weighted by molar-refractivity contribution is 0.0909. The molecule has 1 saturated carbocycles. The topological polar surface area (TPSA) is 68.0 Å². The zero-order chi connectivity index (χ0) is 14.0. The van der Waals surface area contributed by atoms with Gasteiger partial charge in [-0.3, -0.25) is 4.79 Å². The Morgan fingerprint density at radius 2 is 2.11 bits per heavy atom. The number of nitrogens with zero attached hydrogens (tertiary/aromatic N) is 1. The molecule has 1 aliphatic carbocycles. The molecule has 3 N–H and O–H groups in total. The highest BCUT2D eigenvalue weighted by Gasteiger charge is 2.28. The molecule has 1 aromatic heterocycles. The fourth-order valence-electron chi connectivity index (χ4n) is 2.44. The normalized spacial score (nSPS) is 19.1.